The van der Waals surface area contributed by atoms with Crippen LogP contribution in [0.4, 0.5) is 10.5 Å². The molecule has 33 heavy (non-hydrogen) atoms. The van der Waals surface area contributed by atoms with E-state index < -0.39 is 17.8 Å². The molecule has 1 N–H and O–H groups in total. The van der Waals surface area contributed by atoms with Crippen LogP contribution in [-0.4, -0.2) is 17.8 Å². The van der Waals surface area contributed by atoms with Gasteiger partial charge in [-0.3, -0.25) is 14.9 Å². The van der Waals surface area contributed by atoms with Crippen molar-refractivity contribution in [2.75, 3.05) is 4.90 Å². The Morgan fingerprint density at radius 1 is 0.879 bits per heavy atom. The predicted octanol–water partition coefficient (Wildman–Crippen LogP) is 4.86. The summed E-state index contributed by atoms with van der Waals surface area (Å²) in [5, 5.41) is 2.25. The number of carbonyl (C=O) groups is 3. The van der Waals surface area contributed by atoms with Gasteiger partial charge in [0.05, 0.1) is 5.69 Å². The largest absolute Gasteiger partial charge is 0.488 e. The molecule has 6 nitrogen and oxygen atoms in total. The van der Waals surface area contributed by atoms with Gasteiger partial charge in [-0.1, -0.05) is 54.1 Å². The molecular formula is C27H24N2O4. The molecule has 1 heterocycles. The Kier molecular flexibility index (Phi) is 6.09. The summed E-state index contributed by atoms with van der Waals surface area (Å²) in [4.78, 5) is 39.0. The molecule has 4 rings (SSSR count). The van der Waals surface area contributed by atoms with Gasteiger partial charge in [0.25, 0.3) is 11.8 Å². The third-order valence-corrected chi connectivity index (χ3v) is 5.58. The standard InChI is InChI=1S/C27H24N2O4/c1-17-8-12-22(13-9-17)29-26(31)23(25(30)28-27(29)32)15-21-6-4-5-7-24(21)33-16-20-11-10-18(2)19(3)14-20/h4-15H,16H2,1-3H3,(H,28,30,32)/b23-15+. The third kappa shape index (κ3) is 4.70. The summed E-state index contributed by atoms with van der Waals surface area (Å²) in [5.41, 5.74) is 5.21. The molecule has 0 bridgehead atoms. The number of imide groups is 2. The fraction of sp³-hybridized carbons (Fsp3) is 0.148. The maximum absolute atomic E-state index is 13.1. The van der Waals surface area contributed by atoms with E-state index in [0.717, 1.165) is 16.0 Å². The number of anilines is 1. The Balaban J connectivity index is 1.62. The summed E-state index contributed by atoms with van der Waals surface area (Å²) < 4.78 is 6.01. The van der Waals surface area contributed by atoms with Gasteiger partial charge in [-0.05, 0) is 61.7 Å². The molecule has 166 valence electrons. The monoisotopic (exact) mass is 440 g/mol. The van der Waals surface area contributed by atoms with Crippen molar-refractivity contribution in [1.82, 2.24) is 5.32 Å². The van der Waals surface area contributed by atoms with Gasteiger partial charge in [0.15, 0.2) is 0 Å². The number of nitrogens with zero attached hydrogens (tertiary/aromatic N) is 1. The van der Waals surface area contributed by atoms with E-state index >= 15 is 0 Å². The van der Waals surface area contributed by atoms with Crippen molar-refractivity contribution in [2.45, 2.75) is 27.4 Å². The van der Waals surface area contributed by atoms with Gasteiger partial charge in [0, 0.05) is 5.56 Å². The summed E-state index contributed by atoms with van der Waals surface area (Å²) in [6.07, 6.45) is 1.46. The molecule has 0 aromatic heterocycles. The predicted molar refractivity (Wildman–Crippen MR) is 127 cm³/mol. The Morgan fingerprint density at radius 3 is 2.33 bits per heavy atom. The second kappa shape index (κ2) is 9.12. The van der Waals surface area contributed by atoms with E-state index in [1.807, 2.05) is 32.0 Å². The molecular weight excluding hydrogens is 416 g/mol. The second-order valence-corrected chi connectivity index (χ2v) is 8.04. The number of urea groups is 1. The first-order chi connectivity index (χ1) is 15.8. The average molecular weight is 440 g/mol. The number of hydrogen-bond donors (Lipinski definition) is 1. The lowest BCUT2D eigenvalue weighted by atomic mass is 10.1. The van der Waals surface area contributed by atoms with Crippen molar-refractivity contribution in [3.05, 3.63) is 100 Å². The minimum Gasteiger partial charge on any atom is -0.488 e. The van der Waals surface area contributed by atoms with E-state index in [-0.39, 0.29) is 5.57 Å². The number of hydrogen-bond acceptors (Lipinski definition) is 4. The average Bonchev–Trinajstić information content (AvgIpc) is 2.79. The molecule has 1 fully saturated rings. The van der Waals surface area contributed by atoms with Crippen LogP contribution in [0.2, 0.25) is 0 Å². The molecule has 4 amide bonds. The third-order valence-electron chi connectivity index (χ3n) is 5.58. The van der Waals surface area contributed by atoms with Crippen LogP contribution in [0, 0.1) is 20.8 Å². The lowest BCUT2D eigenvalue weighted by Crippen LogP contribution is -2.54. The molecule has 0 unspecified atom stereocenters. The number of aryl methyl sites for hydroxylation is 3. The summed E-state index contributed by atoms with van der Waals surface area (Å²) in [6.45, 7) is 6.35. The molecule has 6 heteroatoms. The number of ether oxygens (including phenoxy) is 1. The Hall–Kier alpha value is -4.19. The fourth-order valence-corrected chi connectivity index (χ4v) is 3.53. The van der Waals surface area contributed by atoms with E-state index in [2.05, 4.69) is 18.3 Å². The van der Waals surface area contributed by atoms with Crippen LogP contribution >= 0.6 is 0 Å². The molecule has 0 spiro atoms. The van der Waals surface area contributed by atoms with E-state index in [9.17, 15) is 14.4 Å². The first-order valence-corrected chi connectivity index (χ1v) is 10.6. The number of para-hydroxylation sites is 1. The second-order valence-electron chi connectivity index (χ2n) is 8.04. The summed E-state index contributed by atoms with van der Waals surface area (Å²) in [6, 6.07) is 19.4. The van der Waals surface area contributed by atoms with Gasteiger partial charge in [-0.2, -0.15) is 0 Å². The number of barbiturate groups is 1. The van der Waals surface area contributed by atoms with Crippen molar-refractivity contribution in [1.29, 1.82) is 0 Å². The van der Waals surface area contributed by atoms with Crippen LogP contribution in [0.25, 0.3) is 6.08 Å². The molecule has 0 radical (unpaired) electrons. The van der Waals surface area contributed by atoms with Gasteiger partial charge in [0.2, 0.25) is 0 Å². The smallest absolute Gasteiger partial charge is 0.335 e. The summed E-state index contributed by atoms with van der Waals surface area (Å²) in [5.74, 6) is -0.892. The molecule has 3 aromatic carbocycles. The molecule has 0 atom stereocenters. The highest BCUT2D eigenvalue weighted by Crippen LogP contribution is 2.26. The number of nitrogens with one attached hydrogen (secondary N) is 1. The van der Waals surface area contributed by atoms with Crippen LogP contribution in [0.5, 0.6) is 5.75 Å². The maximum atomic E-state index is 13.1. The lowest BCUT2D eigenvalue weighted by molar-refractivity contribution is -0.122. The highest BCUT2D eigenvalue weighted by atomic mass is 16.5. The van der Waals surface area contributed by atoms with Gasteiger partial charge < -0.3 is 4.74 Å². The number of benzene rings is 3. The Bertz CT molecular complexity index is 1280. The normalized spacial score (nSPS) is 15.1. The van der Waals surface area contributed by atoms with Gasteiger partial charge in [-0.25, -0.2) is 9.69 Å². The fourth-order valence-electron chi connectivity index (χ4n) is 3.53. The maximum Gasteiger partial charge on any atom is 0.335 e. The highest BCUT2D eigenvalue weighted by Gasteiger charge is 2.36. The van der Waals surface area contributed by atoms with Crippen molar-refractivity contribution in [3.63, 3.8) is 0 Å². The molecule has 1 saturated heterocycles. The highest BCUT2D eigenvalue weighted by molar-refractivity contribution is 6.39. The summed E-state index contributed by atoms with van der Waals surface area (Å²) in [7, 11) is 0. The minimum absolute atomic E-state index is 0.141. The van der Waals surface area contributed by atoms with Crippen molar-refractivity contribution in [2.24, 2.45) is 0 Å². The van der Waals surface area contributed by atoms with E-state index in [1.165, 1.54) is 17.2 Å². The zero-order valence-electron chi connectivity index (χ0n) is 18.7. The molecule has 0 saturated carbocycles. The molecule has 3 aromatic rings. The first-order valence-electron chi connectivity index (χ1n) is 10.6. The van der Waals surface area contributed by atoms with Crippen LogP contribution in [0.3, 0.4) is 0 Å². The Labute approximate surface area is 192 Å². The van der Waals surface area contributed by atoms with Crippen LogP contribution in [0.1, 0.15) is 27.8 Å². The molecule has 0 aliphatic carbocycles. The topological polar surface area (TPSA) is 75.7 Å². The summed E-state index contributed by atoms with van der Waals surface area (Å²) >= 11 is 0. The van der Waals surface area contributed by atoms with Crippen molar-refractivity contribution < 1.29 is 19.1 Å². The quantitative estimate of drug-likeness (QED) is 0.454. The van der Waals surface area contributed by atoms with Crippen LogP contribution in [-0.2, 0) is 16.2 Å². The Morgan fingerprint density at radius 2 is 1.61 bits per heavy atom. The van der Waals surface area contributed by atoms with E-state index in [1.54, 1.807) is 42.5 Å². The van der Waals surface area contributed by atoms with Gasteiger partial charge in [0.1, 0.15) is 17.9 Å². The van der Waals surface area contributed by atoms with Crippen LogP contribution < -0.4 is 15.0 Å². The molecule has 1 aliphatic rings. The van der Waals surface area contributed by atoms with Gasteiger partial charge >= 0.3 is 6.03 Å². The molecule has 1 aliphatic heterocycles. The van der Waals surface area contributed by atoms with E-state index in [4.69, 9.17) is 4.74 Å². The zero-order valence-corrected chi connectivity index (χ0v) is 18.7. The SMILES string of the molecule is Cc1ccc(N2C(=O)NC(=O)/C(=C\c3ccccc3OCc3ccc(C)c(C)c3)C2=O)cc1. The van der Waals surface area contributed by atoms with Gasteiger partial charge in [-0.15, -0.1) is 0 Å². The zero-order chi connectivity index (χ0) is 23.5. The lowest BCUT2D eigenvalue weighted by Gasteiger charge is -2.26. The number of amides is 4. The van der Waals surface area contributed by atoms with E-state index in [0.29, 0.717) is 23.6 Å². The van der Waals surface area contributed by atoms with Crippen LogP contribution in [0.15, 0.2) is 72.3 Å². The number of rotatable bonds is 5. The number of carbonyl (C=O) groups excluding carboxylic acids is 3. The van der Waals surface area contributed by atoms with Crippen molar-refractivity contribution >= 4 is 29.6 Å². The minimum atomic E-state index is -0.773. The van der Waals surface area contributed by atoms with Crippen molar-refractivity contribution in [3.8, 4) is 5.75 Å². The first kappa shape index (κ1) is 22.0.